The van der Waals surface area contributed by atoms with E-state index in [4.69, 9.17) is 11.6 Å². The van der Waals surface area contributed by atoms with E-state index in [1.807, 2.05) is 11.2 Å². The lowest BCUT2D eigenvalue weighted by Crippen LogP contribution is -2.32. The Morgan fingerprint density at radius 3 is 2.39 bits per heavy atom. The molecule has 0 aromatic heterocycles. The van der Waals surface area contributed by atoms with E-state index in [1.54, 1.807) is 30.3 Å². The van der Waals surface area contributed by atoms with Crippen LogP contribution in [0.15, 0.2) is 52.3 Å². The van der Waals surface area contributed by atoms with Gasteiger partial charge in [-0.15, -0.1) is 11.8 Å². The molecule has 1 amide bonds. The van der Waals surface area contributed by atoms with Gasteiger partial charge in [0.2, 0.25) is 0 Å². The van der Waals surface area contributed by atoms with Crippen molar-refractivity contribution < 1.29 is 13.2 Å². The van der Waals surface area contributed by atoms with Crippen LogP contribution in [0.4, 0.5) is 5.69 Å². The summed E-state index contributed by atoms with van der Waals surface area (Å²) in [5.74, 6) is -0.110. The van der Waals surface area contributed by atoms with Gasteiger partial charge >= 0.3 is 0 Å². The fourth-order valence-corrected chi connectivity index (χ4v) is 5.13. The van der Waals surface area contributed by atoms with Gasteiger partial charge in [0.25, 0.3) is 15.9 Å². The third-order valence-corrected chi connectivity index (χ3v) is 7.21. The van der Waals surface area contributed by atoms with Crippen LogP contribution in [-0.4, -0.2) is 38.6 Å². The van der Waals surface area contributed by atoms with Crippen molar-refractivity contribution in [2.45, 2.75) is 35.5 Å². The highest BCUT2D eigenvalue weighted by Gasteiger charge is 2.23. The molecule has 8 heteroatoms. The molecule has 1 N–H and O–H groups in total. The molecule has 0 atom stereocenters. The largest absolute Gasteiger partial charge is 0.339 e. The lowest BCUT2D eigenvalue weighted by Gasteiger charge is -2.22. The number of sulfonamides is 1. The fraction of sp³-hybridized carbons (Fsp3) is 0.350. The predicted octanol–water partition coefficient (Wildman–Crippen LogP) is 4.88. The molecule has 28 heavy (non-hydrogen) atoms. The summed E-state index contributed by atoms with van der Waals surface area (Å²) >= 11 is 7.51. The van der Waals surface area contributed by atoms with Crippen molar-refractivity contribution in [1.82, 2.24) is 4.90 Å². The van der Waals surface area contributed by atoms with Crippen LogP contribution >= 0.6 is 23.4 Å². The number of likely N-dealkylation sites (tertiary alicyclic amines) is 1. The third kappa shape index (κ3) is 4.82. The number of carbonyl (C=O) groups excluding carboxylic acids is 1. The number of para-hydroxylation sites is 1. The van der Waals surface area contributed by atoms with Gasteiger partial charge in [-0.05, 0) is 49.4 Å². The molecule has 1 fully saturated rings. The third-order valence-electron chi connectivity index (χ3n) is 4.72. The molecule has 1 heterocycles. The van der Waals surface area contributed by atoms with E-state index in [0.717, 1.165) is 30.6 Å². The molecule has 0 aliphatic carbocycles. The van der Waals surface area contributed by atoms with Gasteiger partial charge in [-0.1, -0.05) is 36.6 Å². The average molecular weight is 439 g/mol. The average Bonchev–Trinajstić information content (AvgIpc) is 2.98. The molecule has 2 aromatic rings. The van der Waals surface area contributed by atoms with Crippen LogP contribution in [0.3, 0.4) is 0 Å². The summed E-state index contributed by atoms with van der Waals surface area (Å²) in [7, 11) is -3.87. The highest BCUT2D eigenvalue weighted by molar-refractivity contribution is 7.98. The molecule has 2 aromatic carbocycles. The first-order valence-corrected chi connectivity index (χ1v) is 12.3. The van der Waals surface area contributed by atoms with Gasteiger partial charge in [-0.2, -0.15) is 0 Å². The van der Waals surface area contributed by atoms with Crippen molar-refractivity contribution in [2.75, 3.05) is 24.1 Å². The Hall–Kier alpha value is -1.70. The second kappa shape index (κ2) is 9.20. The van der Waals surface area contributed by atoms with E-state index in [-0.39, 0.29) is 10.8 Å². The highest BCUT2D eigenvalue weighted by Crippen LogP contribution is 2.28. The number of benzene rings is 2. The molecule has 0 saturated carbocycles. The topological polar surface area (TPSA) is 66.5 Å². The molecule has 0 spiro atoms. The Labute approximate surface area is 175 Å². The fourth-order valence-electron chi connectivity index (χ4n) is 3.21. The summed E-state index contributed by atoms with van der Waals surface area (Å²) in [6, 6.07) is 11.3. The van der Waals surface area contributed by atoms with Crippen molar-refractivity contribution in [3.63, 3.8) is 0 Å². The summed E-state index contributed by atoms with van der Waals surface area (Å²) in [6.45, 7) is 1.42. The molecule has 150 valence electrons. The van der Waals surface area contributed by atoms with E-state index in [2.05, 4.69) is 4.72 Å². The molecule has 0 unspecified atom stereocenters. The van der Waals surface area contributed by atoms with Crippen molar-refractivity contribution in [3.05, 3.63) is 53.1 Å². The molecular formula is C20H23ClN2O3S2. The lowest BCUT2D eigenvalue weighted by atomic mass is 10.2. The minimum Gasteiger partial charge on any atom is -0.339 e. The first kappa shape index (κ1) is 21.0. The standard InChI is InChI=1S/C20H23ClN2O3S2/c1-27-19-11-10-15(28(25,26)22-18-9-5-4-8-17(18)21)14-16(19)20(24)23-12-6-2-3-7-13-23/h4-5,8-11,14,22H,2-3,6-7,12-13H2,1H3. The van der Waals surface area contributed by atoms with Crippen LogP contribution < -0.4 is 4.72 Å². The Kier molecular flexibility index (Phi) is 6.91. The normalized spacial score (nSPS) is 15.1. The number of nitrogens with zero attached hydrogens (tertiary/aromatic N) is 1. The summed E-state index contributed by atoms with van der Waals surface area (Å²) in [5, 5.41) is 0.313. The number of hydrogen-bond donors (Lipinski definition) is 1. The number of hydrogen-bond acceptors (Lipinski definition) is 4. The smallest absolute Gasteiger partial charge is 0.261 e. The maximum absolute atomic E-state index is 13.1. The first-order chi connectivity index (χ1) is 13.4. The number of amides is 1. The minimum atomic E-state index is -3.87. The Balaban J connectivity index is 1.93. The van der Waals surface area contributed by atoms with Crippen LogP contribution in [0.2, 0.25) is 5.02 Å². The van der Waals surface area contributed by atoms with Crippen molar-refractivity contribution in [3.8, 4) is 0 Å². The zero-order valence-electron chi connectivity index (χ0n) is 15.7. The SMILES string of the molecule is CSc1ccc(S(=O)(=O)Nc2ccccc2Cl)cc1C(=O)N1CCCCCC1. The monoisotopic (exact) mass is 438 g/mol. The summed E-state index contributed by atoms with van der Waals surface area (Å²) in [5.41, 5.74) is 0.731. The Morgan fingerprint density at radius 1 is 1.07 bits per heavy atom. The van der Waals surface area contributed by atoms with Gasteiger partial charge in [-0.25, -0.2) is 8.42 Å². The molecule has 3 rings (SSSR count). The second-order valence-electron chi connectivity index (χ2n) is 6.65. The van der Waals surface area contributed by atoms with E-state index in [9.17, 15) is 13.2 Å². The molecule has 5 nitrogen and oxygen atoms in total. The molecule has 0 radical (unpaired) electrons. The van der Waals surface area contributed by atoms with Crippen LogP contribution in [0.5, 0.6) is 0 Å². The molecule has 0 bridgehead atoms. The molecule has 1 aliphatic heterocycles. The van der Waals surface area contributed by atoms with Gasteiger partial charge in [0.1, 0.15) is 0 Å². The maximum atomic E-state index is 13.1. The van der Waals surface area contributed by atoms with E-state index in [1.165, 1.54) is 23.9 Å². The maximum Gasteiger partial charge on any atom is 0.261 e. The Morgan fingerprint density at radius 2 is 1.75 bits per heavy atom. The molecule has 1 aliphatic rings. The molecular weight excluding hydrogens is 416 g/mol. The van der Waals surface area contributed by atoms with E-state index in [0.29, 0.717) is 29.4 Å². The van der Waals surface area contributed by atoms with Crippen molar-refractivity contribution in [2.24, 2.45) is 0 Å². The van der Waals surface area contributed by atoms with Gasteiger partial charge in [0.15, 0.2) is 0 Å². The number of rotatable bonds is 5. The predicted molar refractivity (Wildman–Crippen MR) is 115 cm³/mol. The minimum absolute atomic E-state index is 0.0448. The zero-order chi connectivity index (χ0) is 20.1. The number of halogens is 1. The van der Waals surface area contributed by atoms with E-state index < -0.39 is 10.0 Å². The summed E-state index contributed by atoms with van der Waals surface area (Å²) in [4.78, 5) is 15.7. The quantitative estimate of drug-likeness (QED) is 0.675. The van der Waals surface area contributed by atoms with Crippen molar-refractivity contribution >= 4 is 45.0 Å². The van der Waals surface area contributed by atoms with Gasteiger partial charge < -0.3 is 4.90 Å². The zero-order valence-corrected chi connectivity index (χ0v) is 18.0. The van der Waals surface area contributed by atoms with Gasteiger partial charge in [0, 0.05) is 18.0 Å². The summed E-state index contributed by atoms with van der Waals surface area (Å²) < 4.78 is 28.2. The van der Waals surface area contributed by atoms with E-state index >= 15 is 0 Å². The number of thioether (sulfide) groups is 1. The number of anilines is 1. The second-order valence-corrected chi connectivity index (χ2v) is 9.59. The summed E-state index contributed by atoms with van der Waals surface area (Å²) in [6.07, 6.45) is 6.08. The Bertz CT molecular complexity index is 956. The van der Waals surface area contributed by atoms with Gasteiger partial charge in [0.05, 0.1) is 21.2 Å². The van der Waals surface area contributed by atoms with Crippen molar-refractivity contribution in [1.29, 1.82) is 0 Å². The van der Waals surface area contributed by atoms with Crippen LogP contribution in [-0.2, 0) is 10.0 Å². The lowest BCUT2D eigenvalue weighted by molar-refractivity contribution is 0.0758. The number of carbonyl (C=O) groups is 1. The van der Waals surface area contributed by atoms with Crippen LogP contribution in [0.1, 0.15) is 36.0 Å². The van der Waals surface area contributed by atoms with Gasteiger partial charge in [-0.3, -0.25) is 9.52 Å². The van der Waals surface area contributed by atoms with Crippen LogP contribution in [0, 0.1) is 0 Å². The first-order valence-electron chi connectivity index (χ1n) is 9.17. The molecule has 1 saturated heterocycles. The van der Waals surface area contributed by atoms with Crippen LogP contribution in [0.25, 0.3) is 0 Å². The number of nitrogens with one attached hydrogen (secondary N) is 1. The highest BCUT2D eigenvalue weighted by atomic mass is 35.5.